The molecule has 0 atom stereocenters. The highest BCUT2D eigenvalue weighted by Gasteiger charge is 2.06. The van der Waals surface area contributed by atoms with Gasteiger partial charge in [0.1, 0.15) is 0 Å². The second kappa shape index (κ2) is 7.21. The van der Waals surface area contributed by atoms with Crippen molar-refractivity contribution in [1.82, 2.24) is 15.1 Å². The van der Waals surface area contributed by atoms with Crippen LogP contribution in [0.15, 0.2) is 54.6 Å². The summed E-state index contributed by atoms with van der Waals surface area (Å²) in [6.45, 7) is 6.50. The Balaban J connectivity index is 1.65. The quantitative estimate of drug-likeness (QED) is 0.754. The molecule has 0 aliphatic heterocycles. The van der Waals surface area contributed by atoms with Gasteiger partial charge in [0.05, 0.1) is 11.4 Å². The largest absolute Gasteiger partial charge is 0.334 e. The van der Waals surface area contributed by atoms with E-state index in [9.17, 15) is 4.79 Å². The molecule has 5 nitrogen and oxygen atoms in total. The molecule has 25 heavy (non-hydrogen) atoms. The number of benzene rings is 2. The van der Waals surface area contributed by atoms with Gasteiger partial charge in [-0.3, -0.25) is 0 Å². The summed E-state index contributed by atoms with van der Waals surface area (Å²) in [5.41, 5.74) is 5.92. The molecular formula is C20H22N4O. The number of anilines is 1. The molecule has 1 heterocycles. The van der Waals surface area contributed by atoms with Crippen LogP contribution in [0.2, 0.25) is 0 Å². The average molecular weight is 334 g/mol. The molecule has 0 saturated heterocycles. The molecule has 3 aromatic rings. The van der Waals surface area contributed by atoms with Gasteiger partial charge in [0.15, 0.2) is 0 Å². The minimum atomic E-state index is -0.230. The summed E-state index contributed by atoms with van der Waals surface area (Å²) >= 11 is 0. The molecule has 0 bridgehead atoms. The van der Waals surface area contributed by atoms with E-state index in [2.05, 4.69) is 21.8 Å². The molecule has 0 spiro atoms. The molecule has 0 fully saturated rings. The van der Waals surface area contributed by atoms with E-state index in [1.54, 1.807) is 0 Å². The minimum Gasteiger partial charge on any atom is -0.334 e. The number of amides is 2. The first-order valence-corrected chi connectivity index (χ1v) is 8.25. The van der Waals surface area contributed by atoms with E-state index in [0.717, 1.165) is 28.3 Å². The summed E-state index contributed by atoms with van der Waals surface area (Å²) in [4.78, 5) is 12.1. The molecule has 1 aromatic heterocycles. The first-order chi connectivity index (χ1) is 12.0. The maximum atomic E-state index is 12.1. The Hall–Kier alpha value is -3.08. The number of carbonyl (C=O) groups is 1. The lowest BCUT2D eigenvalue weighted by atomic mass is 10.1. The Morgan fingerprint density at radius 1 is 1.04 bits per heavy atom. The molecular weight excluding hydrogens is 312 g/mol. The van der Waals surface area contributed by atoms with Crippen LogP contribution in [0.3, 0.4) is 0 Å². The van der Waals surface area contributed by atoms with Crippen molar-refractivity contribution in [3.8, 4) is 5.69 Å². The first-order valence-electron chi connectivity index (χ1n) is 8.25. The fraction of sp³-hybridized carbons (Fsp3) is 0.200. The second-order valence-electron chi connectivity index (χ2n) is 6.19. The zero-order valence-electron chi connectivity index (χ0n) is 14.7. The molecule has 0 radical (unpaired) electrons. The summed E-state index contributed by atoms with van der Waals surface area (Å²) in [5, 5.41) is 10.2. The monoisotopic (exact) mass is 334 g/mol. The van der Waals surface area contributed by atoms with E-state index < -0.39 is 0 Å². The van der Waals surface area contributed by atoms with Gasteiger partial charge in [-0.15, -0.1) is 0 Å². The van der Waals surface area contributed by atoms with Crippen LogP contribution in [-0.2, 0) is 6.54 Å². The van der Waals surface area contributed by atoms with Crippen LogP contribution in [-0.4, -0.2) is 15.8 Å². The molecule has 0 aliphatic rings. The minimum absolute atomic E-state index is 0.230. The van der Waals surface area contributed by atoms with Gasteiger partial charge in [0, 0.05) is 17.9 Å². The number of nitrogens with zero attached hydrogens (tertiary/aromatic N) is 2. The normalized spacial score (nSPS) is 10.5. The van der Waals surface area contributed by atoms with Crippen LogP contribution in [0.1, 0.15) is 22.5 Å². The number of carbonyl (C=O) groups excluding carboxylic acids is 1. The van der Waals surface area contributed by atoms with E-state index in [4.69, 9.17) is 0 Å². The lowest BCUT2D eigenvalue weighted by molar-refractivity contribution is 0.251. The SMILES string of the molecule is Cc1cccc(CNC(=O)Nc2cccc(-n3nc(C)cc3C)c2)c1. The van der Waals surface area contributed by atoms with E-state index in [1.165, 1.54) is 5.56 Å². The molecule has 2 amide bonds. The third-order valence-corrected chi connectivity index (χ3v) is 3.89. The molecule has 0 saturated carbocycles. The predicted molar refractivity (Wildman–Crippen MR) is 100 cm³/mol. The zero-order valence-corrected chi connectivity index (χ0v) is 14.7. The van der Waals surface area contributed by atoms with Crippen molar-refractivity contribution in [3.05, 3.63) is 77.1 Å². The lowest BCUT2D eigenvalue weighted by Crippen LogP contribution is -2.28. The van der Waals surface area contributed by atoms with Gasteiger partial charge >= 0.3 is 6.03 Å². The zero-order chi connectivity index (χ0) is 17.8. The highest BCUT2D eigenvalue weighted by Crippen LogP contribution is 2.16. The fourth-order valence-corrected chi connectivity index (χ4v) is 2.79. The van der Waals surface area contributed by atoms with Crippen LogP contribution in [0.4, 0.5) is 10.5 Å². The van der Waals surface area contributed by atoms with E-state index in [0.29, 0.717) is 6.54 Å². The summed E-state index contributed by atoms with van der Waals surface area (Å²) in [6, 6.07) is 17.5. The molecule has 3 rings (SSSR count). The Morgan fingerprint density at radius 2 is 1.84 bits per heavy atom. The van der Waals surface area contributed by atoms with Crippen LogP contribution >= 0.6 is 0 Å². The van der Waals surface area contributed by atoms with Gasteiger partial charge in [-0.2, -0.15) is 5.10 Å². The van der Waals surface area contributed by atoms with E-state index in [1.807, 2.05) is 74.0 Å². The summed E-state index contributed by atoms with van der Waals surface area (Å²) in [6.07, 6.45) is 0. The van der Waals surface area contributed by atoms with Gasteiger partial charge in [-0.1, -0.05) is 35.9 Å². The summed E-state index contributed by atoms with van der Waals surface area (Å²) < 4.78 is 1.87. The van der Waals surface area contributed by atoms with Crippen molar-refractivity contribution in [2.75, 3.05) is 5.32 Å². The molecule has 5 heteroatoms. The summed E-state index contributed by atoms with van der Waals surface area (Å²) in [7, 11) is 0. The molecule has 0 aliphatic carbocycles. The Morgan fingerprint density at radius 3 is 2.56 bits per heavy atom. The van der Waals surface area contributed by atoms with Crippen molar-refractivity contribution in [1.29, 1.82) is 0 Å². The Bertz CT molecular complexity index is 898. The van der Waals surface area contributed by atoms with Crippen molar-refractivity contribution < 1.29 is 4.79 Å². The molecule has 2 N–H and O–H groups in total. The van der Waals surface area contributed by atoms with Gasteiger partial charge in [0.2, 0.25) is 0 Å². The maximum absolute atomic E-state index is 12.1. The van der Waals surface area contributed by atoms with Crippen LogP contribution in [0, 0.1) is 20.8 Å². The van der Waals surface area contributed by atoms with Crippen molar-refractivity contribution >= 4 is 11.7 Å². The third kappa shape index (κ3) is 4.26. The number of aromatic nitrogens is 2. The van der Waals surface area contributed by atoms with Crippen LogP contribution < -0.4 is 10.6 Å². The van der Waals surface area contributed by atoms with Crippen LogP contribution in [0.25, 0.3) is 5.69 Å². The Kier molecular flexibility index (Phi) is 4.84. The summed E-state index contributed by atoms with van der Waals surface area (Å²) in [5.74, 6) is 0. The molecule has 128 valence electrons. The predicted octanol–water partition coefficient (Wildman–Crippen LogP) is 4.12. The van der Waals surface area contributed by atoms with Crippen molar-refractivity contribution in [2.24, 2.45) is 0 Å². The van der Waals surface area contributed by atoms with Gasteiger partial charge in [-0.25, -0.2) is 9.48 Å². The van der Waals surface area contributed by atoms with Gasteiger partial charge < -0.3 is 10.6 Å². The highest BCUT2D eigenvalue weighted by molar-refractivity contribution is 5.89. The van der Waals surface area contributed by atoms with Gasteiger partial charge in [0.25, 0.3) is 0 Å². The number of nitrogens with one attached hydrogen (secondary N) is 2. The fourth-order valence-electron chi connectivity index (χ4n) is 2.79. The van der Waals surface area contributed by atoms with Crippen molar-refractivity contribution in [2.45, 2.75) is 27.3 Å². The number of hydrogen-bond acceptors (Lipinski definition) is 2. The van der Waals surface area contributed by atoms with E-state index in [-0.39, 0.29) is 6.03 Å². The standard InChI is InChI=1S/C20H22N4O/c1-14-6-4-7-17(10-14)13-21-20(25)22-18-8-5-9-19(12-18)24-16(3)11-15(2)23-24/h4-12H,13H2,1-3H3,(H2,21,22,25). The first kappa shape index (κ1) is 16.8. The molecule has 2 aromatic carbocycles. The lowest BCUT2D eigenvalue weighted by Gasteiger charge is -2.10. The average Bonchev–Trinajstić information content (AvgIpc) is 2.92. The Labute approximate surface area is 147 Å². The topological polar surface area (TPSA) is 59.0 Å². The second-order valence-corrected chi connectivity index (χ2v) is 6.19. The third-order valence-electron chi connectivity index (χ3n) is 3.89. The maximum Gasteiger partial charge on any atom is 0.319 e. The number of aryl methyl sites for hydroxylation is 3. The number of rotatable bonds is 4. The van der Waals surface area contributed by atoms with Crippen LogP contribution in [0.5, 0.6) is 0 Å². The smallest absolute Gasteiger partial charge is 0.319 e. The van der Waals surface area contributed by atoms with Gasteiger partial charge in [-0.05, 0) is 50.6 Å². The van der Waals surface area contributed by atoms with E-state index >= 15 is 0 Å². The number of urea groups is 1. The highest BCUT2D eigenvalue weighted by atomic mass is 16.2. The van der Waals surface area contributed by atoms with Crippen molar-refractivity contribution in [3.63, 3.8) is 0 Å². The molecule has 0 unspecified atom stereocenters. The number of hydrogen-bond donors (Lipinski definition) is 2.